The fraction of sp³-hybridized carbons (Fsp3) is 0.692. The molecule has 3 amide bonds. The summed E-state index contributed by atoms with van der Waals surface area (Å²) in [5.74, 6) is -2.54. The summed E-state index contributed by atoms with van der Waals surface area (Å²) in [6, 6.07) is -3.08. The lowest BCUT2D eigenvalue weighted by Gasteiger charge is -2.21. The molecule has 0 rings (SSSR count). The molecule has 11 heteroatoms. The van der Waals surface area contributed by atoms with Gasteiger partial charge in [-0.2, -0.15) is 24.4 Å². The predicted molar refractivity (Wildman–Crippen MR) is 94.8 cm³/mol. The van der Waals surface area contributed by atoms with Crippen molar-refractivity contribution in [2.75, 3.05) is 17.8 Å². The van der Waals surface area contributed by atoms with E-state index >= 15 is 0 Å². The van der Waals surface area contributed by atoms with Crippen LogP contribution in [0.3, 0.4) is 0 Å². The molecule has 0 saturated heterocycles. The normalized spacial score (nSPS) is 14.3. The zero-order chi connectivity index (χ0) is 18.7. The van der Waals surface area contributed by atoms with Gasteiger partial charge in [-0.15, -0.1) is 0 Å². The number of hydrogen-bond acceptors (Lipinski definition) is 7. The van der Waals surface area contributed by atoms with Crippen molar-refractivity contribution in [1.82, 2.24) is 10.6 Å². The molecule has 9 nitrogen and oxygen atoms in total. The van der Waals surface area contributed by atoms with E-state index in [1.165, 1.54) is 0 Å². The van der Waals surface area contributed by atoms with Gasteiger partial charge in [-0.1, -0.05) is 0 Å². The monoisotopic (exact) mass is 380 g/mol. The fourth-order valence-electron chi connectivity index (χ4n) is 1.67. The minimum Gasteiger partial charge on any atom is -0.480 e. The Kier molecular flexibility index (Phi) is 11.3. The zero-order valence-corrected chi connectivity index (χ0v) is 15.1. The van der Waals surface area contributed by atoms with Crippen LogP contribution < -0.4 is 22.1 Å². The number of thiol groups is 1. The quantitative estimate of drug-likeness (QED) is 0.220. The molecule has 0 bridgehead atoms. The van der Waals surface area contributed by atoms with E-state index in [2.05, 4.69) is 23.3 Å². The number of aliphatic carboxylic acids is 1. The minimum atomic E-state index is -1.30. The van der Waals surface area contributed by atoms with Crippen LogP contribution in [0.4, 0.5) is 0 Å². The van der Waals surface area contributed by atoms with E-state index < -0.39 is 41.8 Å². The summed E-state index contributed by atoms with van der Waals surface area (Å²) in [5, 5.41) is 13.8. The van der Waals surface area contributed by atoms with Crippen LogP contribution in [0.2, 0.25) is 0 Å². The summed E-state index contributed by atoms with van der Waals surface area (Å²) in [6.45, 7) is 0. The van der Waals surface area contributed by atoms with Gasteiger partial charge < -0.3 is 27.2 Å². The topological polar surface area (TPSA) is 165 Å². The highest BCUT2D eigenvalue weighted by Crippen LogP contribution is 2.02. The van der Waals surface area contributed by atoms with Crippen molar-refractivity contribution in [3.8, 4) is 0 Å². The summed E-state index contributed by atoms with van der Waals surface area (Å²) >= 11 is 5.53. The Morgan fingerprint density at radius 3 is 2.17 bits per heavy atom. The molecule has 7 N–H and O–H groups in total. The van der Waals surface area contributed by atoms with Gasteiger partial charge in [0.1, 0.15) is 12.1 Å². The van der Waals surface area contributed by atoms with E-state index in [9.17, 15) is 19.2 Å². The second-order valence-electron chi connectivity index (χ2n) is 5.04. The van der Waals surface area contributed by atoms with Crippen LogP contribution in [0.5, 0.6) is 0 Å². The van der Waals surface area contributed by atoms with Gasteiger partial charge in [0.25, 0.3) is 0 Å². The second-order valence-corrected chi connectivity index (χ2v) is 6.39. The Hall–Kier alpha value is -1.46. The van der Waals surface area contributed by atoms with Crippen molar-refractivity contribution < 1.29 is 24.3 Å². The summed E-state index contributed by atoms with van der Waals surface area (Å²) in [7, 11) is 0. The maximum absolute atomic E-state index is 12.1. The van der Waals surface area contributed by atoms with Gasteiger partial charge in [-0.05, 0) is 24.9 Å². The lowest BCUT2D eigenvalue weighted by atomic mass is 10.1. The first kappa shape index (κ1) is 22.5. The molecule has 0 aliphatic heterocycles. The van der Waals surface area contributed by atoms with Crippen molar-refractivity contribution in [1.29, 1.82) is 0 Å². The van der Waals surface area contributed by atoms with E-state index in [-0.39, 0.29) is 18.6 Å². The number of nitrogens with two attached hydrogens (primary N) is 2. The smallest absolute Gasteiger partial charge is 0.326 e. The van der Waals surface area contributed by atoms with E-state index in [0.717, 1.165) is 0 Å². The first-order valence-corrected chi connectivity index (χ1v) is 9.22. The Morgan fingerprint density at radius 2 is 1.71 bits per heavy atom. The number of primary amides is 1. The summed E-state index contributed by atoms with van der Waals surface area (Å²) in [4.78, 5) is 45.9. The molecule has 138 valence electrons. The van der Waals surface area contributed by atoms with Gasteiger partial charge in [0.05, 0.1) is 6.04 Å². The first-order valence-electron chi connectivity index (χ1n) is 7.20. The highest BCUT2D eigenvalue weighted by Gasteiger charge is 2.27. The lowest BCUT2D eigenvalue weighted by molar-refractivity contribution is -0.142. The molecular formula is C13H24N4O5S2. The van der Waals surface area contributed by atoms with Crippen LogP contribution in [-0.4, -0.2) is 64.7 Å². The van der Waals surface area contributed by atoms with Gasteiger partial charge in [0, 0.05) is 12.2 Å². The first-order chi connectivity index (χ1) is 11.2. The average Bonchev–Trinajstić information content (AvgIpc) is 2.52. The van der Waals surface area contributed by atoms with Crippen LogP contribution in [0.15, 0.2) is 0 Å². The SMILES string of the molecule is CSCC[C@H](N)C(=O)N[C@@H](CS)C(=O)N[C@@H](CCC(N)=O)C(=O)O. The van der Waals surface area contributed by atoms with Crippen LogP contribution in [-0.2, 0) is 19.2 Å². The number of nitrogens with one attached hydrogen (secondary N) is 2. The number of thioether (sulfide) groups is 1. The molecule has 24 heavy (non-hydrogen) atoms. The standard InChI is InChI=1S/C13H24N4O5S2/c1-24-5-4-7(14)11(19)17-9(6-23)12(20)16-8(13(21)22)2-3-10(15)18/h7-9,23H,2-6,14H2,1H3,(H2,15,18)(H,16,20)(H,17,19)(H,21,22)/t7-,8-,9-/m0/s1. The van der Waals surface area contributed by atoms with Crippen molar-refractivity contribution in [3.63, 3.8) is 0 Å². The summed E-state index contributed by atoms with van der Waals surface area (Å²) in [5.41, 5.74) is 10.7. The van der Waals surface area contributed by atoms with Crippen molar-refractivity contribution in [3.05, 3.63) is 0 Å². The number of hydrogen-bond donors (Lipinski definition) is 6. The Morgan fingerprint density at radius 1 is 1.12 bits per heavy atom. The number of carboxylic acid groups (broad SMARTS) is 1. The molecule has 0 unspecified atom stereocenters. The zero-order valence-electron chi connectivity index (χ0n) is 13.4. The number of carbonyl (C=O) groups excluding carboxylic acids is 3. The largest absolute Gasteiger partial charge is 0.480 e. The van der Waals surface area contributed by atoms with Gasteiger partial charge in [-0.25, -0.2) is 4.79 Å². The van der Waals surface area contributed by atoms with Crippen molar-refractivity contribution in [2.24, 2.45) is 11.5 Å². The van der Waals surface area contributed by atoms with E-state index in [4.69, 9.17) is 16.6 Å². The molecule has 0 spiro atoms. The van der Waals surface area contributed by atoms with Crippen molar-refractivity contribution >= 4 is 48.1 Å². The number of amides is 3. The van der Waals surface area contributed by atoms with E-state index in [1.54, 1.807) is 11.8 Å². The van der Waals surface area contributed by atoms with E-state index in [1.807, 2.05) is 6.26 Å². The number of carboxylic acids is 1. The molecule has 0 aromatic rings. The Labute approximate surface area is 150 Å². The second kappa shape index (κ2) is 12.0. The molecule has 0 aromatic heterocycles. The number of carbonyl (C=O) groups is 4. The third-order valence-corrected chi connectivity index (χ3v) is 4.09. The van der Waals surface area contributed by atoms with Crippen LogP contribution in [0.1, 0.15) is 19.3 Å². The molecule has 0 radical (unpaired) electrons. The molecule has 0 saturated carbocycles. The molecule has 0 heterocycles. The Bertz CT molecular complexity index is 464. The molecule has 0 aliphatic rings. The summed E-state index contributed by atoms with van der Waals surface area (Å²) in [6.07, 6.45) is 2.00. The van der Waals surface area contributed by atoms with Crippen LogP contribution in [0.25, 0.3) is 0 Å². The molecular weight excluding hydrogens is 356 g/mol. The molecule has 3 atom stereocenters. The highest BCUT2D eigenvalue weighted by atomic mass is 32.2. The molecule has 0 fully saturated rings. The number of rotatable bonds is 12. The third kappa shape index (κ3) is 8.99. The fourth-order valence-corrected chi connectivity index (χ4v) is 2.41. The predicted octanol–water partition coefficient (Wildman–Crippen LogP) is -1.68. The van der Waals surface area contributed by atoms with Gasteiger partial charge >= 0.3 is 5.97 Å². The average molecular weight is 380 g/mol. The molecule has 0 aliphatic carbocycles. The maximum Gasteiger partial charge on any atom is 0.326 e. The minimum absolute atomic E-state index is 0.0328. The van der Waals surface area contributed by atoms with E-state index in [0.29, 0.717) is 12.2 Å². The van der Waals surface area contributed by atoms with Crippen LogP contribution >= 0.6 is 24.4 Å². The van der Waals surface area contributed by atoms with Gasteiger partial charge in [-0.3, -0.25) is 14.4 Å². The third-order valence-electron chi connectivity index (χ3n) is 3.08. The lowest BCUT2D eigenvalue weighted by Crippen LogP contribution is -2.55. The van der Waals surface area contributed by atoms with Gasteiger partial charge in [0.2, 0.25) is 17.7 Å². The highest BCUT2D eigenvalue weighted by molar-refractivity contribution is 7.98. The molecule has 0 aromatic carbocycles. The Balaban J connectivity index is 4.67. The van der Waals surface area contributed by atoms with Gasteiger partial charge in [0.15, 0.2) is 0 Å². The maximum atomic E-state index is 12.1. The van der Waals surface area contributed by atoms with Crippen LogP contribution in [0, 0.1) is 0 Å². The van der Waals surface area contributed by atoms with Crippen molar-refractivity contribution in [2.45, 2.75) is 37.4 Å². The summed E-state index contributed by atoms with van der Waals surface area (Å²) < 4.78 is 0.